The molecule has 26 heavy (non-hydrogen) atoms. The molecule has 138 valence electrons. The summed E-state index contributed by atoms with van der Waals surface area (Å²) in [5.41, 5.74) is 8.59. The number of aromatic amines is 1. The van der Waals surface area contributed by atoms with Gasteiger partial charge in [0, 0.05) is 29.7 Å². The van der Waals surface area contributed by atoms with Crippen molar-refractivity contribution in [2.45, 2.75) is 13.1 Å². The molecule has 3 aromatic rings. The Morgan fingerprint density at radius 3 is 2.50 bits per heavy atom. The van der Waals surface area contributed by atoms with Gasteiger partial charge in [-0.1, -0.05) is 46.9 Å². The SMILES string of the molecule is CS(=O)(=O)N(Cc1cccc(Cl)c1)Cc1cc(Cl)c2c(Cl)c[nH]c2c1N. The molecule has 0 unspecified atom stereocenters. The van der Waals surface area contributed by atoms with Crippen molar-refractivity contribution in [1.29, 1.82) is 0 Å². The van der Waals surface area contributed by atoms with Crippen molar-refractivity contribution in [1.82, 2.24) is 9.29 Å². The monoisotopic (exact) mass is 431 g/mol. The molecule has 0 amide bonds. The molecule has 3 N–H and O–H groups in total. The van der Waals surface area contributed by atoms with E-state index in [1.165, 1.54) is 4.31 Å². The molecule has 0 atom stereocenters. The van der Waals surface area contributed by atoms with Crippen molar-refractivity contribution in [3.63, 3.8) is 0 Å². The van der Waals surface area contributed by atoms with Crippen molar-refractivity contribution >= 4 is 61.4 Å². The van der Waals surface area contributed by atoms with Gasteiger partial charge in [0.1, 0.15) is 0 Å². The Hall–Kier alpha value is -1.44. The summed E-state index contributed by atoms with van der Waals surface area (Å²) in [4.78, 5) is 2.98. The Morgan fingerprint density at radius 2 is 1.85 bits per heavy atom. The van der Waals surface area contributed by atoms with Crippen LogP contribution in [0.5, 0.6) is 0 Å². The third kappa shape index (κ3) is 3.94. The van der Waals surface area contributed by atoms with Crippen LogP contribution in [-0.2, 0) is 23.1 Å². The van der Waals surface area contributed by atoms with E-state index in [2.05, 4.69) is 4.98 Å². The standard InChI is InChI=1S/C17H16Cl3N3O2S/c1-26(24,25)23(8-10-3-2-4-12(18)5-10)9-11-6-13(19)15-14(20)7-22-17(15)16(11)21/h2-7,22H,8-9,21H2,1H3. The highest BCUT2D eigenvalue weighted by Gasteiger charge is 2.21. The third-order valence-corrected chi connectivity index (χ3v) is 6.08. The minimum Gasteiger partial charge on any atom is -0.397 e. The van der Waals surface area contributed by atoms with Crippen molar-refractivity contribution < 1.29 is 8.42 Å². The number of fused-ring (bicyclic) bond motifs is 1. The summed E-state index contributed by atoms with van der Waals surface area (Å²) in [7, 11) is -3.50. The first-order valence-electron chi connectivity index (χ1n) is 7.60. The Kier molecular flexibility index (Phi) is 5.42. The van der Waals surface area contributed by atoms with Gasteiger partial charge in [0.15, 0.2) is 0 Å². The number of halogens is 3. The lowest BCUT2D eigenvalue weighted by molar-refractivity contribution is 0.406. The van der Waals surface area contributed by atoms with E-state index in [9.17, 15) is 8.42 Å². The summed E-state index contributed by atoms with van der Waals surface area (Å²) in [5.74, 6) is 0. The predicted octanol–water partition coefficient (Wildman–Crippen LogP) is 4.67. The minimum absolute atomic E-state index is 0.0729. The average Bonchev–Trinajstić information content (AvgIpc) is 2.93. The fourth-order valence-corrected chi connectivity index (χ4v) is 4.36. The van der Waals surface area contributed by atoms with E-state index in [-0.39, 0.29) is 13.1 Å². The van der Waals surface area contributed by atoms with Crippen LogP contribution in [0.1, 0.15) is 11.1 Å². The average molecular weight is 433 g/mol. The molecule has 0 fully saturated rings. The topological polar surface area (TPSA) is 79.2 Å². The number of nitrogen functional groups attached to an aromatic ring is 1. The summed E-state index contributed by atoms with van der Waals surface area (Å²) >= 11 is 18.4. The fourth-order valence-electron chi connectivity index (χ4n) is 2.76. The molecule has 0 aliphatic heterocycles. The number of rotatable bonds is 5. The smallest absolute Gasteiger partial charge is 0.211 e. The lowest BCUT2D eigenvalue weighted by atomic mass is 10.1. The number of hydrogen-bond acceptors (Lipinski definition) is 3. The van der Waals surface area contributed by atoms with E-state index >= 15 is 0 Å². The Morgan fingerprint density at radius 1 is 1.12 bits per heavy atom. The van der Waals surface area contributed by atoms with E-state index in [1.807, 2.05) is 6.07 Å². The van der Waals surface area contributed by atoms with E-state index in [4.69, 9.17) is 40.5 Å². The molecular weight excluding hydrogens is 417 g/mol. The summed E-state index contributed by atoms with van der Waals surface area (Å²) < 4.78 is 25.9. The maximum Gasteiger partial charge on any atom is 0.211 e. The van der Waals surface area contributed by atoms with Crippen LogP contribution in [-0.4, -0.2) is 24.0 Å². The van der Waals surface area contributed by atoms with Gasteiger partial charge in [-0.2, -0.15) is 4.31 Å². The van der Waals surface area contributed by atoms with Gasteiger partial charge >= 0.3 is 0 Å². The van der Waals surface area contributed by atoms with Crippen LogP contribution < -0.4 is 5.73 Å². The number of benzene rings is 2. The lowest BCUT2D eigenvalue weighted by Gasteiger charge is -2.21. The zero-order chi connectivity index (χ0) is 19.1. The van der Waals surface area contributed by atoms with Gasteiger partial charge in [0.2, 0.25) is 10.0 Å². The number of sulfonamides is 1. The van der Waals surface area contributed by atoms with Gasteiger partial charge in [-0.05, 0) is 29.3 Å². The number of nitrogens with zero attached hydrogens (tertiary/aromatic N) is 1. The highest BCUT2D eigenvalue weighted by atomic mass is 35.5. The number of aromatic nitrogens is 1. The maximum atomic E-state index is 12.3. The number of nitrogens with one attached hydrogen (secondary N) is 1. The van der Waals surface area contributed by atoms with Crippen LogP contribution >= 0.6 is 34.8 Å². The molecule has 2 aromatic carbocycles. The molecule has 1 heterocycles. The quantitative estimate of drug-likeness (QED) is 0.575. The third-order valence-electron chi connectivity index (χ3n) is 4.05. The number of nitrogens with two attached hydrogens (primary N) is 1. The Balaban J connectivity index is 2.00. The first-order chi connectivity index (χ1) is 12.2. The second-order valence-electron chi connectivity index (χ2n) is 5.98. The molecule has 0 aliphatic rings. The lowest BCUT2D eigenvalue weighted by Crippen LogP contribution is -2.29. The van der Waals surface area contributed by atoms with E-state index in [0.717, 1.165) is 11.8 Å². The second kappa shape index (κ2) is 7.29. The molecular formula is C17H16Cl3N3O2S. The highest BCUT2D eigenvalue weighted by molar-refractivity contribution is 7.88. The van der Waals surface area contributed by atoms with E-state index in [1.54, 1.807) is 30.5 Å². The zero-order valence-electron chi connectivity index (χ0n) is 13.8. The summed E-state index contributed by atoms with van der Waals surface area (Å²) in [6.07, 6.45) is 2.75. The molecule has 1 aromatic heterocycles. The first kappa shape index (κ1) is 19.3. The van der Waals surface area contributed by atoms with Crippen LogP contribution in [0, 0.1) is 0 Å². The Bertz CT molecular complexity index is 1080. The van der Waals surface area contributed by atoms with Gasteiger partial charge in [-0.25, -0.2) is 8.42 Å². The molecule has 0 saturated carbocycles. The maximum absolute atomic E-state index is 12.3. The first-order valence-corrected chi connectivity index (χ1v) is 10.6. The van der Waals surface area contributed by atoms with E-state index in [0.29, 0.717) is 37.2 Å². The second-order valence-corrected chi connectivity index (χ2v) is 9.21. The summed E-state index contributed by atoms with van der Waals surface area (Å²) in [6.45, 7) is 0.240. The molecule has 3 rings (SSSR count). The molecule has 5 nitrogen and oxygen atoms in total. The van der Waals surface area contributed by atoms with E-state index < -0.39 is 10.0 Å². The van der Waals surface area contributed by atoms with Gasteiger partial charge in [-0.15, -0.1) is 0 Å². The molecule has 0 radical (unpaired) electrons. The number of anilines is 1. The minimum atomic E-state index is -3.50. The molecule has 0 saturated heterocycles. The highest BCUT2D eigenvalue weighted by Crippen LogP contribution is 2.36. The van der Waals surface area contributed by atoms with Gasteiger partial charge in [-0.3, -0.25) is 0 Å². The van der Waals surface area contributed by atoms with Crippen molar-refractivity contribution in [3.8, 4) is 0 Å². The molecule has 0 spiro atoms. The van der Waals surface area contributed by atoms with Crippen LogP contribution in [0.4, 0.5) is 5.69 Å². The zero-order valence-corrected chi connectivity index (χ0v) is 16.8. The van der Waals surface area contributed by atoms with Crippen LogP contribution in [0.2, 0.25) is 15.1 Å². The van der Waals surface area contributed by atoms with Gasteiger partial charge in [0.05, 0.1) is 27.5 Å². The largest absolute Gasteiger partial charge is 0.397 e. The number of H-pyrrole nitrogens is 1. The normalized spacial score (nSPS) is 12.2. The van der Waals surface area contributed by atoms with Gasteiger partial charge in [0.25, 0.3) is 0 Å². The number of hydrogen-bond donors (Lipinski definition) is 2. The van der Waals surface area contributed by atoms with Crippen molar-refractivity contribution in [3.05, 3.63) is 62.7 Å². The van der Waals surface area contributed by atoms with Crippen molar-refractivity contribution in [2.24, 2.45) is 0 Å². The summed E-state index contributed by atoms with van der Waals surface area (Å²) in [6, 6.07) is 8.69. The van der Waals surface area contributed by atoms with Crippen LogP contribution in [0.3, 0.4) is 0 Å². The fraction of sp³-hybridized carbons (Fsp3) is 0.176. The summed E-state index contributed by atoms with van der Waals surface area (Å²) in [5, 5.41) is 2.03. The Labute approximate surface area is 166 Å². The van der Waals surface area contributed by atoms with Crippen LogP contribution in [0.15, 0.2) is 36.5 Å². The van der Waals surface area contributed by atoms with Crippen LogP contribution in [0.25, 0.3) is 10.9 Å². The van der Waals surface area contributed by atoms with Gasteiger partial charge < -0.3 is 10.7 Å². The predicted molar refractivity (Wildman–Crippen MR) is 108 cm³/mol. The molecule has 0 aliphatic carbocycles. The van der Waals surface area contributed by atoms with Crippen molar-refractivity contribution in [2.75, 3.05) is 12.0 Å². The molecule has 0 bridgehead atoms. The molecule has 9 heteroatoms.